The summed E-state index contributed by atoms with van der Waals surface area (Å²) in [6.45, 7) is 4.48. The van der Waals surface area contributed by atoms with Crippen molar-refractivity contribution in [2.24, 2.45) is 0 Å². The van der Waals surface area contributed by atoms with E-state index in [-0.39, 0.29) is 0 Å². The van der Waals surface area contributed by atoms with E-state index < -0.39 is 0 Å². The molecule has 0 amide bonds. The van der Waals surface area contributed by atoms with Crippen molar-refractivity contribution in [1.82, 2.24) is 10.2 Å². The summed E-state index contributed by atoms with van der Waals surface area (Å²) in [7, 11) is 0. The third kappa shape index (κ3) is 2.74. The maximum absolute atomic E-state index is 6.01. The largest absolute Gasteiger partial charge is 0.311 e. The number of hydrogen-bond donors (Lipinski definition) is 1. The number of nitrogens with zero attached hydrogens (tertiary/aromatic N) is 1. The van der Waals surface area contributed by atoms with Gasteiger partial charge in [-0.05, 0) is 38.3 Å². The van der Waals surface area contributed by atoms with Gasteiger partial charge in [-0.15, -0.1) is 11.3 Å². The number of fused-ring (bicyclic) bond motifs is 2. The van der Waals surface area contributed by atoms with Gasteiger partial charge in [0.1, 0.15) is 0 Å². The third-order valence-electron chi connectivity index (χ3n) is 4.35. The fourth-order valence-electron chi connectivity index (χ4n) is 3.46. The maximum Gasteiger partial charge on any atom is 0.0516 e. The monoisotopic (exact) mass is 284 g/mol. The van der Waals surface area contributed by atoms with E-state index in [1.807, 2.05) is 5.38 Å². The van der Waals surface area contributed by atoms with Crippen LogP contribution in [-0.4, -0.2) is 29.6 Å². The van der Waals surface area contributed by atoms with Crippen molar-refractivity contribution in [3.05, 3.63) is 21.3 Å². The highest BCUT2D eigenvalue weighted by molar-refractivity contribution is 7.10. The lowest BCUT2D eigenvalue weighted by Crippen LogP contribution is -2.47. The molecule has 100 valence electrons. The number of hydrogen-bond acceptors (Lipinski definition) is 3. The molecule has 0 radical (unpaired) electrons. The van der Waals surface area contributed by atoms with E-state index in [0.29, 0.717) is 0 Å². The average molecular weight is 285 g/mol. The molecule has 18 heavy (non-hydrogen) atoms. The van der Waals surface area contributed by atoms with Gasteiger partial charge in [-0.2, -0.15) is 0 Å². The number of piperidine rings is 1. The molecular weight excluding hydrogens is 264 g/mol. The first-order chi connectivity index (χ1) is 8.74. The molecule has 2 nitrogen and oxygen atoms in total. The van der Waals surface area contributed by atoms with Gasteiger partial charge in [0, 0.05) is 34.9 Å². The van der Waals surface area contributed by atoms with Gasteiger partial charge in [0.25, 0.3) is 0 Å². The minimum Gasteiger partial charge on any atom is -0.311 e. The average Bonchev–Trinajstić information content (AvgIpc) is 2.92. The summed E-state index contributed by atoms with van der Waals surface area (Å²) in [6.07, 6.45) is 5.40. The molecule has 1 aromatic heterocycles. The molecule has 0 saturated carbocycles. The van der Waals surface area contributed by atoms with Crippen molar-refractivity contribution in [2.45, 2.75) is 57.3 Å². The van der Waals surface area contributed by atoms with E-state index in [2.05, 4.69) is 23.2 Å². The zero-order valence-electron chi connectivity index (χ0n) is 10.9. The van der Waals surface area contributed by atoms with Crippen LogP contribution in [0.3, 0.4) is 0 Å². The van der Waals surface area contributed by atoms with Crippen LogP contribution in [0, 0.1) is 0 Å². The van der Waals surface area contributed by atoms with Gasteiger partial charge < -0.3 is 5.32 Å². The predicted molar refractivity (Wildman–Crippen MR) is 78.4 cm³/mol. The van der Waals surface area contributed by atoms with Crippen molar-refractivity contribution in [3.63, 3.8) is 0 Å². The first-order valence-corrected chi connectivity index (χ1v) is 8.23. The van der Waals surface area contributed by atoms with Gasteiger partial charge in [0.2, 0.25) is 0 Å². The van der Waals surface area contributed by atoms with Crippen molar-refractivity contribution in [1.29, 1.82) is 0 Å². The van der Waals surface area contributed by atoms with Crippen molar-refractivity contribution in [2.75, 3.05) is 6.54 Å². The molecule has 2 fully saturated rings. The molecular formula is C14H21ClN2S. The highest BCUT2D eigenvalue weighted by atomic mass is 35.5. The first kappa shape index (κ1) is 12.9. The molecule has 2 aliphatic heterocycles. The standard InChI is InChI=1S/C14H21ClN2S/c1-2-17(8-14-5-10(15)9-18-14)13-6-11-3-4-12(7-13)16-11/h5,9,11-13,16H,2-4,6-8H2,1H3. The van der Waals surface area contributed by atoms with E-state index >= 15 is 0 Å². The molecule has 3 rings (SSSR count). The Morgan fingerprint density at radius 3 is 2.67 bits per heavy atom. The predicted octanol–water partition coefficient (Wildman–Crippen LogP) is 3.51. The van der Waals surface area contributed by atoms with Crippen molar-refractivity contribution in [3.8, 4) is 0 Å². The van der Waals surface area contributed by atoms with Crippen LogP contribution in [0.4, 0.5) is 0 Å². The molecule has 2 atom stereocenters. The van der Waals surface area contributed by atoms with Crippen LogP contribution in [0.5, 0.6) is 0 Å². The Kier molecular flexibility index (Phi) is 3.94. The minimum atomic E-state index is 0.759. The summed E-state index contributed by atoms with van der Waals surface area (Å²) in [4.78, 5) is 4.03. The van der Waals surface area contributed by atoms with Crippen LogP contribution in [-0.2, 0) is 6.54 Å². The van der Waals surface area contributed by atoms with E-state index in [0.717, 1.165) is 36.2 Å². The summed E-state index contributed by atoms with van der Waals surface area (Å²) in [5, 5.41) is 6.65. The zero-order valence-corrected chi connectivity index (χ0v) is 12.4. The molecule has 2 bridgehead atoms. The molecule has 2 saturated heterocycles. The van der Waals surface area contributed by atoms with E-state index in [1.54, 1.807) is 11.3 Å². The second-order valence-corrected chi connectivity index (χ2v) is 6.99. The molecule has 2 aliphatic rings. The second kappa shape index (κ2) is 5.49. The van der Waals surface area contributed by atoms with Gasteiger partial charge >= 0.3 is 0 Å². The van der Waals surface area contributed by atoms with E-state index in [4.69, 9.17) is 11.6 Å². The molecule has 0 aliphatic carbocycles. The Morgan fingerprint density at radius 2 is 2.11 bits per heavy atom. The Labute approximate surface area is 118 Å². The van der Waals surface area contributed by atoms with Gasteiger partial charge in [-0.1, -0.05) is 18.5 Å². The summed E-state index contributed by atoms with van der Waals surface area (Å²) in [5.41, 5.74) is 0. The van der Waals surface area contributed by atoms with Crippen molar-refractivity contribution < 1.29 is 0 Å². The SMILES string of the molecule is CCN(Cc1cc(Cl)cs1)C1CC2CCC(C1)N2. The lowest BCUT2D eigenvalue weighted by atomic mass is 9.98. The highest BCUT2D eigenvalue weighted by Crippen LogP contribution is 2.31. The highest BCUT2D eigenvalue weighted by Gasteiger charge is 2.35. The zero-order chi connectivity index (χ0) is 12.5. The van der Waals surface area contributed by atoms with Crippen LogP contribution in [0.25, 0.3) is 0 Å². The topological polar surface area (TPSA) is 15.3 Å². The summed E-state index contributed by atoms with van der Waals surface area (Å²) < 4.78 is 0. The Balaban J connectivity index is 1.65. The van der Waals surface area contributed by atoms with Gasteiger partial charge in [0.15, 0.2) is 0 Å². The molecule has 1 N–H and O–H groups in total. The quantitative estimate of drug-likeness (QED) is 0.910. The third-order valence-corrected chi connectivity index (χ3v) is 5.62. The lowest BCUT2D eigenvalue weighted by Gasteiger charge is -2.37. The Morgan fingerprint density at radius 1 is 1.39 bits per heavy atom. The van der Waals surface area contributed by atoms with Crippen LogP contribution < -0.4 is 5.32 Å². The lowest BCUT2D eigenvalue weighted by molar-refractivity contribution is 0.142. The second-order valence-electron chi connectivity index (χ2n) is 5.56. The Hall–Kier alpha value is -0.0900. The minimum absolute atomic E-state index is 0.759. The Bertz CT molecular complexity index is 394. The maximum atomic E-state index is 6.01. The van der Waals surface area contributed by atoms with E-state index in [9.17, 15) is 0 Å². The van der Waals surface area contributed by atoms with Gasteiger partial charge in [-0.25, -0.2) is 0 Å². The smallest absolute Gasteiger partial charge is 0.0516 e. The summed E-state index contributed by atoms with van der Waals surface area (Å²) in [6, 6.07) is 4.42. The molecule has 0 aromatic carbocycles. The van der Waals surface area contributed by atoms with Gasteiger partial charge in [-0.3, -0.25) is 4.90 Å². The molecule has 4 heteroatoms. The fraction of sp³-hybridized carbons (Fsp3) is 0.714. The molecule has 1 aromatic rings. The number of thiophene rings is 1. The van der Waals surface area contributed by atoms with E-state index in [1.165, 1.54) is 30.6 Å². The van der Waals surface area contributed by atoms with Crippen LogP contribution in [0.2, 0.25) is 5.02 Å². The normalized spacial score (nSPS) is 31.2. The van der Waals surface area contributed by atoms with Crippen LogP contribution in [0.15, 0.2) is 11.4 Å². The summed E-state index contributed by atoms with van der Waals surface area (Å²) >= 11 is 7.80. The number of rotatable bonds is 4. The van der Waals surface area contributed by atoms with Crippen molar-refractivity contribution >= 4 is 22.9 Å². The van der Waals surface area contributed by atoms with Crippen LogP contribution >= 0.6 is 22.9 Å². The molecule has 2 unspecified atom stereocenters. The molecule has 3 heterocycles. The number of nitrogens with one attached hydrogen (secondary N) is 1. The fourth-order valence-corrected chi connectivity index (χ4v) is 4.56. The molecule has 0 spiro atoms. The first-order valence-electron chi connectivity index (χ1n) is 6.97. The number of halogens is 1. The van der Waals surface area contributed by atoms with Gasteiger partial charge in [0.05, 0.1) is 5.02 Å². The summed E-state index contributed by atoms with van der Waals surface area (Å²) in [5.74, 6) is 0. The van der Waals surface area contributed by atoms with Crippen LogP contribution in [0.1, 0.15) is 37.5 Å².